The molecule has 0 atom stereocenters. The fraction of sp³-hybridized carbons (Fsp3) is 0.579. The lowest BCUT2D eigenvalue weighted by Crippen LogP contribution is -2.38. The molecule has 1 saturated carbocycles. The van der Waals surface area contributed by atoms with Crippen molar-refractivity contribution in [2.75, 3.05) is 13.7 Å². The van der Waals surface area contributed by atoms with Crippen molar-refractivity contribution in [2.24, 2.45) is 0 Å². The van der Waals surface area contributed by atoms with Crippen LogP contribution < -0.4 is 4.74 Å². The van der Waals surface area contributed by atoms with Crippen LogP contribution in [0.4, 0.5) is 5.69 Å². The summed E-state index contributed by atoms with van der Waals surface area (Å²) in [4.78, 5) is 36.0. The van der Waals surface area contributed by atoms with Crippen LogP contribution in [0.15, 0.2) is 18.2 Å². The molecule has 1 fully saturated rings. The molecule has 0 radical (unpaired) electrons. The van der Waals surface area contributed by atoms with Crippen molar-refractivity contribution in [2.45, 2.75) is 57.9 Å². The standard InChI is InChI=1S/C19H26N2O5/c1-14(22)17-13-16(10-11-18(17)21(24)25)26-12-6-9-19(23)20(2)15-7-4-3-5-8-15/h10-11,13,15H,3-9,12H2,1-2H3. The van der Waals surface area contributed by atoms with E-state index >= 15 is 0 Å². The van der Waals surface area contributed by atoms with Crippen molar-refractivity contribution >= 4 is 17.4 Å². The van der Waals surface area contributed by atoms with Crippen LogP contribution in [-0.2, 0) is 4.79 Å². The van der Waals surface area contributed by atoms with Crippen molar-refractivity contribution < 1.29 is 19.2 Å². The van der Waals surface area contributed by atoms with Gasteiger partial charge in [-0.1, -0.05) is 19.3 Å². The first-order chi connectivity index (χ1) is 12.4. The van der Waals surface area contributed by atoms with Crippen LogP contribution in [0.5, 0.6) is 5.75 Å². The number of nitro groups is 1. The number of carbonyl (C=O) groups excluding carboxylic acids is 2. The predicted molar refractivity (Wildman–Crippen MR) is 97.5 cm³/mol. The van der Waals surface area contributed by atoms with Gasteiger partial charge in [0.1, 0.15) is 5.75 Å². The Kier molecular flexibility index (Phi) is 7.12. The van der Waals surface area contributed by atoms with Crippen molar-refractivity contribution in [3.63, 3.8) is 0 Å². The summed E-state index contributed by atoms with van der Waals surface area (Å²) < 4.78 is 5.56. The predicted octanol–water partition coefficient (Wildman–Crippen LogP) is 3.75. The maximum absolute atomic E-state index is 12.3. The van der Waals surface area contributed by atoms with E-state index in [0.29, 0.717) is 31.2 Å². The van der Waals surface area contributed by atoms with Crippen molar-refractivity contribution in [1.82, 2.24) is 4.90 Å². The molecule has 2 rings (SSSR count). The highest BCUT2D eigenvalue weighted by Crippen LogP contribution is 2.25. The largest absolute Gasteiger partial charge is 0.494 e. The van der Waals surface area contributed by atoms with Crippen LogP contribution in [0.3, 0.4) is 0 Å². The van der Waals surface area contributed by atoms with Crippen molar-refractivity contribution in [3.05, 3.63) is 33.9 Å². The van der Waals surface area contributed by atoms with E-state index in [9.17, 15) is 19.7 Å². The van der Waals surface area contributed by atoms with Crippen molar-refractivity contribution in [3.8, 4) is 5.75 Å². The molecule has 1 aromatic carbocycles. The zero-order valence-corrected chi connectivity index (χ0v) is 15.4. The highest BCUT2D eigenvalue weighted by molar-refractivity contribution is 5.98. The van der Waals surface area contributed by atoms with Gasteiger partial charge in [-0.15, -0.1) is 0 Å². The van der Waals surface area contributed by atoms with Gasteiger partial charge in [0.15, 0.2) is 5.78 Å². The number of hydrogen-bond donors (Lipinski definition) is 0. The minimum atomic E-state index is -0.583. The molecule has 0 saturated heterocycles. The molecule has 0 unspecified atom stereocenters. The third-order valence-electron chi connectivity index (χ3n) is 4.86. The minimum Gasteiger partial charge on any atom is -0.494 e. The van der Waals surface area contributed by atoms with Gasteiger partial charge in [0.25, 0.3) is 5.69 Å². The van der Waals surface area contributed by atoms with Gasteiger partial charge in [-0.2, -0.15) is 0 Å². The molecule has 1 aliphatic rings. The quantitative estimate of drug-likeness (QED) is 0.304. The molecular weight excluding hydrogens is 336 g/mol. The average Bonchev–Trinajstić information content (AvgIpc) is 2.64. The van der Waals surface area contributed by atoms with E-state index in [-0.39, 0.29) is 22.9 Å². The maximum atomic E-state index is 12.3. The van der Waals surface area contributed by atoms with E-state index < -0.39 is 4.92 Å². The molecule has 0 bridgehead atoms. The van der Waals surface area contributed by atoms with Gasteiger partial charge in [0.2, 0.25) is 5.91 Å². The summed E-state index contributed by atoms with van der Waals surface area (Å²) in [7, 11) is 1.87. The fourth-order valence-corrected chi connectivity index (χ4v) is 3.31. The van der Waals surface area contributed by atoms with Crippen LogP contribution in [-0.4, -0.2) is 41.2 Å². The van der Waals surface area contributed by atoms with Crippen LogP contribution in [0, 0.1) is 10.1 Å². The molecule has 1 aromatic rings. The Hall–Kier alpha value is -2.44. The molecule has 1 amide bonds. The lowest BCUT2D eigenvalue weighted by Gasteiger charge is -2.31. The van der Waals surface area contributed by atoms with E-state index in [0.717, 1.165) is 12.8 Å². The lowest BCUT2D eigenvalue weighted by atomic mass is 9.94. The summed E-state index contributed by atoms with van der Waals surface area (Å²) in [5.74, 6) is 0.133. The number of benzene rings is 1. The molecule has 1 aliphatic carbocycles. The molecule has 26 heavy (non-hydrogen) atoms. The second-order valence-electron chi connectivity index (χ2n) is 6.74. The number of nitrogens with zero attached hydrogens (tertiary/aromatic N) is 2. The Morgan fingerprint density at radius 2 is 1.96 bits per heavy atom. The number of rotatable bonds is 8. The van der Waals surface area contributed by atoms with E-state index in [1.165, 1.54) is 44.4 Å². The zero-order chi connectivity index (χ0) is 19.1. The maximum Gasteiger partial charge on any atom is 0.280 e. The van der Waals surface area contributed by atoms with E-state index in [1.807, 2.05) is 11.9 Å². The Morgan fingerprint density at radius 1 is 1.27 bits per heavy atom. The molecule has 0 aromatic heterocycles. The first-order valence-electron chi connectivity index (χ1n) is 9.08. The zero-order valence-electron chi connectivity index (χ0n) is 15.4. The molecule has 7 nitrogen and oxygen atoms in total. The lowest BCUT2D eigenvalue weighted by molar-refractivity contribution is -0.385. The Bertz CT molecular complexity index is 668. The van der Waals surface area contributed by atoms with Gasteiger partial charge >= 0.3 is 0 Å². The van der Waals surface area contributed by atoms with Crippen LogP contribution in [0.1, 0.15) is 62.2 Å². The summed E-state index contributed by atoms with van der Waals surface area (Å²) in [6.45, 7) is 1.60. The van der Waals surface area contributed by atoms with E-state index in [4.69, 9.17) is 4.74 Å². The van der Waals surface area contributed by atoms with Gasteiger partial charge in [0.05, 0.1) is 17.1 Å². The molecule has 142 valence electrons. The Labute approximate surface area is 153 Å². The Balaban J connectivity index is 1.82. The highest BCUT2D eigenvalue weighted by Gasteiger charge is 2.22. The van der Waals surface area contributed by atoms with Crippen molar-refractivity contribution in [1.29, 1.82) is 0 Å². The minimum absolute atomic E-state index is 0.0283. The SMILES string of the molecule is CC(=O)c1cc(OCCCC(=O)N(C)C2CCCCC2)ccc1[N+](=O)[O-]. The highest BCUT2D eigenvalue weighted by atomic mass is 16.6. The number of nitro benzene ring substituents is 1. The van der Waals surface area contributed by atoms with Crippen LogP contribution in [0.2, 0.25) is 0 Å². The van der Waals surface area contributed by atoms with Gasteiger partial charge in [0, 0.05) is 25.6 Å². The second-order valence-corrected chi connectivity index (χ2v) is 6.74. The Morgan fingerprint density at radius 3 is 2.58 bits per heavy atom. The normalized spacial score (nSPS) is 14.7. The number of hydrogen-bond acceptors (Lipinski definition) is 5. The number of ketones is 1. The first-order valence-corrected chi connectivity index (χ1v) is 9.08. The summed E-state index contributed by atoms with van der Waals surface area (Å²) in [6.07, 6.45) is 6.74. The summed E-state index contributed by atoms with van der Waals surface area (Å²) in [5.41, 5.74) is -0.199. The summed E-state index contributed by atoms with van der Waals surface area (Å²) in [5, 5.41) is 10.9. The smallest absolute Gasteiger partial charge is 0.280 e. The monoisotopic (exact) mass is 362 g/mol. The van der Waals surface area contributed by atoms with Crippen LogP contribution in [0.25, 0.3) is 0 Å². The first kappa shape index (κ1) is 19.9. The molecule has 0 aliphatic heterocycles. The number of amides is 1. The van der Waals surface area contributed by atoms with Gasteiger partial charge < -0.3 is 9.64 Å². The molecular formula is C19H26N2O5. The number of carbonyl (C=O) groups is 2. The van der Waals surface area contributed by atoms with Gasteiger partial charge in [-0.25, -0.2) is 0 Å². The summed E-state index contributed by atoms with van der Waals surface area (Å²) >= 11 is 0. The fourth-order valence-electron chi connectivity index (χ4n) is 3.31. The topological polar surface area (TPSA) is 89.8 Å². The van der Waals surface area contributed by atoms with E-state index in [2.05, 4.69) is 0 Å². The summed E-state index contributed by atoms with van der Waals surface area (Å²) in [6, 6.07) is 4.48. The third kappa shape index (κ3) is 5.28. The molecule has 0 heterocycles. The average molecular weight is 362 g/mol. The van der Waals surface area contributed by atoms with Gasteiger partial charge in [-0.3, -0.25) is 19.7 Å². The number of ether oxygens (including phenoxy) is 1. The molecule has 0 N–H and O–H groups in total. The third-order valence-corrected chi connectivity index (χ3v) is 4.86. The second kappa shape index (κ2) is 9.31. The van der Waals surface area contributed by atoms with Gasteiger partial charge in [-0.05, 0) is 38.3 Å². The number of Topliss-reactive ketones (excluding diaryl/α,β-unsaturated/α-hetero) is 1. The van der Waals surface area contributed by atoms with Crippen LogP contribution >= 0.6 is 0 Å². The molecule has 7 heteroatoms. The molecule has 0 spiro atoms. The van der Waals surface area contributed by atoms with E-state index in [1.54, 1.807) is 0 Å².